The molecule has 27 heavy (non-hydrogen) atoms. The topological polar surface area (TPSA) is 41.9 Å². The molecule has 0 amide bonds. The molecule has 142 valence electrons. The molecule has 2 aromatic carbocycles. The summed E-state index contributed by atoms with van der Waals surface area (Å²) in [5, 5.41) is 9.11. The van der Waals surface area contributed by atoms with Crippen LogP contribution in [0.4, 0.5) is 0 Å². The summed E-state index contributed by atoms with van der Waals surface area (Å²) < 4.78 is 12.2. The van der Waals surface area contributed by atoms with Crippen LogP contribution in [-0.4, -0.2) is 42.6 Å². The van der Waals surface area contributed by atoms with E-state index in [-0.39, 0.29) is 18.8 Å². The van der Waals surface area contributed by atoms with Crippen molar-refractivity contribution in [1.82, 2.24) is 4.90 Å². The van der Waals surface area contributed by atoms with Crippen molar-refractivity contribution in [2.45, 2.75) is 31.3 Å². The lowest BCUT2D eigenvalue weighted by Crippen LogP contribution is -2.45. The largest absolute Gasteiger partial charge is 0.394 e. The Balaban J connectivity index is 1.52. The van der Waals surface area contributed by atoms with Crippen molar-refractivity contribution in [3.8, 4) is 0 Å². The molecule has 0 aromatic heterocycles. The van der Waals surface area contributed by atoms with Crippen molar-refractivity contribution in [3.05, 3.63) is 77.4 Å². The van der Waals surface area contributed by atoms with Crippen LogP contribution in [0.15, 0.2) is 60.7 Å². The molecular weight excluding hydrogens is 338 g/mol. The number of likely N-dealkylation sites (tertiary alicyclic amines) is 1. The van der Waals surface area contributed by atoms with E-state index < -0.39 is 6.29 Å². The molecule has 0 radical (unpaired) electrons. The second kappa shape index (κ2) is 8.36. The first-order chi connectivity index (χ1) is 13.3. The van der Waals surface area contributed by atoms with Gasteiger partial charge in [0, 0.05) is 19.6 Å². The summed E-state index contributed by atoms with van der Waals surface area (Å²) in [4.78, 5) is 2.49. The number of hydrogen-bond donors (Lipinski definition) is 1. The molecule has 1 atom stereocenters. The monoisotopic (exact) mass is 365 g/mol. The maximum atomic E-state index is 9.11. The molecule has 4 heteroatoms. The number of piperidine rings is 1. The Kier molecular flexibility index (Phi) is 5.69. The molecule has 1 unspecified atom stereocenters. The fourth-order valence-electron chi connectivity index (χ4n) is 4.12. The minimum atomic E-state index is -0.426. The van der Waals surface area contributed by atoms with Gasteiger partial charge in [0.1, 0.15) is 0 Å². The minimum absolute atomic E-state index is 0.00149. The van der Waals surface area contributed by atoms with Gasteiger partial charge in [-0.3, -0.25) is 4.90 Å². The van der Waals surface area contributed by atoms with Crippen molar-refractivity contribution in [1.29, 1.82) is 0 Å². The average Bonchev–Trinajstić information content (AvgIpc) is 2.87. The van der Waals surface area contributed by atoms with Gasteiger partial charge in [0.05, 0.1) is 18.8 Å². The van der Waals surface area contributed by atoms with Gasteiger partial charge in [0.2, 0.25) is 0 Å². The summed E-state index contributed by atoms with van der Waals surface area (Å²) in [6.45, 7) is 3.22. The Labute approximate surface area is 161 Å². The third kappa shape index (κ3) is 4.14. The van der Waals surface area contributed by atoms with Crippen LogP contribution >= 0.6 is 0 Å². The van der Waals surface area contributed by atoms with E-state index in [0.717, 1.165) is 32.5 Å². The van der Waals surface area contributed by atoms with Gasteiger partial charge >= 0.3 is 0 Å². The summed E-state index contributed by atoms with van der Waals surface area (Å²) in [6.07, 6.45) is 5.47. The number of rotatable bonds is 5. The lowest BCUT2D eigenvalue weighted by Gasteiger charge is -2.43. The van der Waals surface area contributed by atoms with E-state index in [2.05, 4.69) is 65.6 Å². The van der Waals surface area contributed by atoms with Crippen LogP contribution in [0.2, 0.25) is 0 Å². The molecule has 2 aliphatic rings. The van der Waals surface area contributed by atoms with Crippen molar-refractivity contribution in [2.24, 2.45) is 0 Å². The molecule has 0 bridgehead atoms. The third-order valence-electron chi connectivity index (χ3n) is 5.51. The van der Waals surface area contributed by atoms with Crippen LogP contribution in [-0.2, 0) is 21.6 Å². The number of hydrogen-bond acceptors (Lipinski definition) is 4. The maximum Gasteiger partial charge on any atom is 0.178 e. The fraction of sp³-hybridized carbons (Fsp3) is 0.391. The molecule has 0 saturated carbocycles. The van der Waals surface area contributed by atoms with Crippen LogP contribution in [0.3, 0.4) is 0 Å². The predicted molar refractivity (Wildman–Crippen MR) is 106 cm³/mol. The normalized spacial score (nSPS) is 21.7. The van der Waals surface area contributed by atoms with E-state index >= 15 is 0 Å². The summed E-state index contributed by atoms with van der Waals surface area (Å²) in [5.74, 6) is 0. The third-order valence-corrected chi connectivity index (χ3v) is 5.51. The van der Waals surface area contributed by atoms with Gasteiger partial charge in [0.25, 0.3) is 0 Å². The highest BCUT2D eigenvalue weighted by Gasteiger charge is 2.41. The van der Waals surface area contributed by atoms with Crippen LogP contribution in [0.1, 0.15) is 29.5 Å². The van der Waals surface area contributed by atoms with Crippen LogP contribution in [0.25, 0.3) is 6.08 Å². The fourth-order valence-corrected chi connectivity index (χ4v) is 4.12. The van der Waals surface area contributed by atoms with Crippen molar-refractivity contribution >= 4 is 6.08 Å². The Bertz CT molecular complexity index is 766. The predicted octanol–water partition coefficient (Wildman–Crippen LogP) is 3.56. The molecule has 4 rings (SSSR count). The molecule has 1 saturated heterocycles. The molecule has 2 aromatic rings. The van der Waals surface area contributed by atoms with Crippen molar-refractivity contribution in [2.75, 3.05) is 26.3 Å². The van der Waals surface area contributed by atoms with Gasteiger partial charge in [-0.1, -0.05) is 60.7 Å². The van der Waals surface area contributed by atoms with E-state index in [1.54, 1.807) is 0 Å². The summed E-state index contributed by atoms with van der Waals surface area (Å²) in [7, 11) is 0. The van der Waals surface area contributed by atoms with E-state index in [4.69, 9.17) is 14.6 Å². The zero-order valence-corrected chi connectivity index (χ0v) is 15.6. The number of nitrogens with zero attached hydrogens (tertiary/aromatic N) is 1. The highest BCUT2D eigenvalue weighted by atomic mass is 16.7. The summed E-state index contributed by atoms with van der Waals surface area (Å²) >= 11 is 0. The van der Waals surface area contributed by atoms with Crippen LogP contribution in [0.5, 0.6) is 0 Å². The smallest absolute Gasteiger partial charge is 0.178 e. The first kappa shape index (κ1) is 18.4. The Hall–Kier alpha value is -1.98. The molecule has 1 fully saturated rings. The van der Waals surface area contributed by atoms with Crippen molar-refractivity contribution < 1.29 is 14.6 Å². The lowest BCUT2D eigenvalue weighted by molar-refractivity contribution is -0.208. The van der Waals surface area contributed by atoms with Gasteiger partial charge in [-0.05, 0) is 35.6 Å². The van der Waals surface area contributed by atoms with Crippen LogP contribution < -0.4 is 0 Å². The van der Waals surface area contributed by atoms with Crippen LogP contribution in [0, 0.1) is 0 Å². The SMILES string of the molecule is OCCOC1C=Cc2ccccc2C2(CCN(Cc3ccccc3)CC2)O1. The highest BCUT2D eigenvalue weighted by Crippen LogP contribution is 2.42. The van der Waals surface area contributed by atoms with Crippen molar-refractivity contribution in [3.63, 3.8) is 0 Å². The number of aliphatic hydroxyl groups is 1. The number of fused-ring (bicyclic) bond motifs is 2. The molecular formula is C23H27NO3. The first-order valence-electron chi connectivity index (χ1n) is 9.73. The zero-order chi connectivity index (χ0) is 18.5. The Morgan fingerprint density at radius 1 is 1.04 bits per heavy atom. The molecule has 1 N–H and O–H groups in total. The van der Waals surface area contributed by atoms with Gasteiger partial charge in [-0.25, -0.2) is 0 Å². The molecule has 4 nitrogen and oxygen atoms in total. The zero-order valence-electron chi connectivity index (χ0n) is 15.6. The maximum absolute atomic E-state index is 9.11. The van der Waals surface area contributed by atoms with E-state index in [0.29, 0.717) is 0 Å². The van der Waals surface area contributed by atoms with Gasteiger partial charge in [0.15, 0.2) is 6.29 Å². The first-order valence-corrected chi connectivity index (χ1v) is 9.73. The van der Waals surface area contributed by atoms with Gasteiger partial charge in [-0.15, -0.1) is 0 Å². The standard InChI is InChI=1S/C23H27NO3/c25-16-17-26-22-11-10-20-8-4-5-9-21(20)23(27-22)12-14-24(15-13-23)18-19-6-2-1-3-7-19/h1-11,22,25H,12-18H2. The number of benzene rings is 2. The lowest BCUT2D eigenvalue weighted by atomic mass is 9.81. The van der Waals surface area contributed by atoms with Gasteiger partial charge < -0.3 is 14.6 Å². The molecule has 2 heterocycles. The minimum Gasteiger partial charge on any atom is -0.394 e. The Morgan fingerprint density at radius 3 is 2.56 bits per heavy atom. The van der Waals surface area contributed by atoms with E-state index in [1.165, 1.54) is 16.7 Å². The molecule has 1 spiro atoms. The highest BCUT2D eigenvalue weighted by molar-refractivity contribution is 5.57. The van der Waals surface area contributed by atoms with Gasteiger partial charge in [-0.2, -0.15) is 0 Å². The number of ether oxygens (including phenoxy) is 2. The second-order valence-electron chi connectivity index (χ2n) is 7.28. The quantitative estimate of drug-likeness (QED) is 0.880. The van der Waals surface area contributed by atoms with E-state index in [1.807, 2.05) is 6.08 Å². The summed E-state index contributed by atoms with van der Waals surface area (Å²) in [6, 6.07) is 19.1. The molecule has 2 aliphatic heterocycles. The summed E-state index contributed by atoms with van der Waals surface area (Å²) in [5.41, 5.74) is 3.45. The average molecular weight is 365 g/mol. The molecule has 0 aliphatic carbocycles. The second-order valence-corrected chi connectivity index (χ2v) is 7.28. The number of aliphatic hydroxyl groups excluding tert-OH is 1. The Morgan fingerprint density at radius 2 is 1.78 bits per heavy atom. The van der Waals surface area contributed by atoms with E-state index in [9.17, 15) is 0 Å².